The summed E-state index contributed by atoms with van der Waals surface area (Å²) in [6.07, 6.45) is -0.114. The summed E-state index contributed by atoms with van der Waals surface area (Å²) in [7, 11) is 0. The molecule has 136 valence electrons. The molecule has 6 heteroatoms. The Kier molecular flexibility index (Phi) is 8.77. The first-order valence-electron chi connectivity index (χ1n) is 8.11. The molecule has 0 radical (unpaired) electrons. The van der Waals surface area contributed by atoms with Crippen LogP contribution in [0.2, 0.25) is 0 Å². The molecule has 0 aromatic rings. The Bertz CT molecular complexity index is 353. The molecule has 6 nitrogen and oxygen atoms in total. The average Bonchev–Trinajstić information content (AvgIpc) is 2.46. The van der Waals surface area contributed by atoms with Crippen LogP contribution in [0.1, 0.15) is 68.2 Å². The maximum absolute atomic E-state index is 11.9. The van der Waals surface area contributed by atoms with Gasteiger partial charge in [0.05, 0.1) is 10.8 Å². The number of hydrogen-bond acceptors (Lipinski definition) is 6. The molecule has 2 unspecified atom stereocenters. The molecule has 0 fully saturated rings. The first kappa shape index (κ1) is 21.9. The second-order valence-electron chi connectivity index (χ2n) is 6.87. The van der Waals surface area contributed by atoms with Gasteiger partial charge in [0.1, 0.15) is 0 Å². The Morgan fingerprint density at radius 2 is 1.09 bits per heavy atom. The van der Waals surface area contributed by atoms with Crippen molar-refractivity contribution in [2.45, 2.75) is 80.8 Å². The van der Waals surface area contributed by atoms with Crippen molar-refractivity contribution >= 4 is 11.9 Å². The summed E-state index contributed by atoms with van der Waals surface area (Å²) in [5.74, 6) is -0.645. The van der Waals surface area contributed by atoms with Crippen molar-refractivity contribution < 1.29 is 28.5 Å². The van der Waals surface area contributed by atoms with Crippen LogP contribution in [-0.2, 0) is 28.5 Å². The van der Waals surface area contributed by atoms with Gasteiger partial charge in [-0.05, 0) is 54.4 Å². The van der Waals surface area contributed by atoms with E-state index in [-0.39, 0.29) is 18.7 Å². The SMILES string of the molecule is CCC(C)(C)C(=O)OC(C)OCOC(C)OC(=O)C(C)(C)CC. The number of hydrogen-bond donors (Lipinski definition) is 0. The van der Waals surface area contributed by atoms with E-state index < -0.39 is 23.4 Å². The van der Waals surface area contributed by atoms with Gasteiger partial charge in [0, 0.05) is 0 Å². The zero-order valence-electron chi connectivity index (χ0n) is 15.7. The van der Waals surface area contributed by atoms with E-state index in [1.54, 1.807) is 13.8 Å². The standard InChI is InChI=1S/C17H32O6/c1-9-16(5,6)14(18)22-12(3)20-11-21-13(4)23-15(19)17(7,8)10-2/h12-13H,9-11H2,1-8H3. The van der Waals surface area contributed by atoms with Crippen molar-refractivity contribution in [1.82, 2.24) is 0 Å². The molecule has 0 bridgehead atoms. The molecule has 0 aliphatic rings. The van der Waals surface area contributed by atoms with Gasteiger partial charge in [-0.15, -0.1) is 0 Å². The summed E-state index contributed by atoms with van der Waals surface area (Å²) in [6, 6.07) is 0. The Morgan fingerprint density at radius 3 is 1.35 bits per heavy atom. The summed E-state index contributed by atoms with van der Waals surface area (Å²) < 4.78 is 20.9. The lowest BCUT2D eigenvalue weighted by molar-refractivity contribution is -0.237. The quantitative estimate of drug-likeness (QED) is 0.449. The highest BCUT2D eigenvalue weighted by atomic mass is 16.8. The third-order valence-electron chi connectivity index (χ3n) is 4.02. The van der Waals surface area contributed by atoms with E-state index in [0.29, 0.717) is 12.8 Å². The first-order valence-corrected chi connectivity index (χ1v) is 8.11. The normalized spacial score (nSPS) is 15.0. The van der Waals surface area contributed by atoms with Gasteiger partial charge in [0.2, 0.25) is 12.6 Å². The minimum atomic E-state index is -0.733. The summed E-state index contributed by atoms with van der Waals surface area (Å²) in [5.41, 5.74) is -1.10. The molecule has 0 aliphatic carbocycles. The van der Waals surface area contributed by atoms with Gasteiger partial charge in [0.15, 0.2) is 6.79 Å². The number of rotatable bonds is 10. The second kappa shape index (κ2) is 9.23. The van der Waals surface area contributed by atoms with Crippen LogP contribution in [0, 0.1) is 10.8 Å². The van der Waals surface area contributed by atoms with Gasteiger partial charge < -0.3 is 18.9 Å². The van der Waals surface area contributed by atoms with Gasteiger partial charge >= 0.3 is 11.9 Å². The van der Waals surface area contributed by atoms with Crippen LogP contribution in [0.25, 0.3) is 0 Å². The summed E-state index contributed by atoms with van der Waals surface area (Å²) in [4.78, 5) is 23.8. The third-order valence-corrected chi connectivity index (χ3v) is 4.02. The van der Waals surface area contributed by atoms with Gasteiger partial charge in [-0.3, -0.25) is 9.59 Å². The van der Waals surface area contributed by atoms with Gasteiger partial charge in [0.25, 0.3) is 0 Å². The van der Waals surface area contributed by atoms with Crippen LogP contribution < -0.4 is 0 Å². The third kappa shape index (κ3) is 7.79. The van der Waals surface area contributed by atoms with E-state index in [4.69, 9.17) is 18.9 Å². The fraction of sp³-hybridized carbons (Fsp3) is 0.882. The molecular weight excluding hydrogens is 300 g/mol. The number of ether oxygens (including phenoxy) is 4. The van der Waals surface area contributed by atoms with Crippen molar-refractivity contribution in [3.63, 3.8) is 0 Å². The summed E-state index contributed by atoms with van der Waals surface area (Å²) in [6.45, 7) is 14.2. The smallest absolute Gasteiger partial charge is 0.313 e. The fourth-order valence-corrected chi connectivity index (χ4v) is 1.21. The molecule has 0 heterocycles. The number of carbonyl (C=O) groups excluding carboxylic acids is 2. The van der Waals surface area contributed by atoms with Crippen LogP contribution in [0.4, 0.5) is 0 Å². The van der Waals surface area contributed by atoms with Crippen molar-refractivity contribution in [2.24, 2.45) is 10.8 Å². The second-order valence-corrected chi connectivity index (χ2v) is 6.87. The van der Waals surface area contributed by atoms with E-state index in [1.807, 2.05) is 41.5 Å². The summed E-state index contributed by atoms with van der Waals surface area (Å²) in [5, 5.41) is 0. The molecule has 0 amide bonds. The predicted octanol–water partition coefficient (Wildman–Crippen LogP) is 3.63. The Morgan fingerprint density at radius 1 is 0.783 bits per heavy atom. The van der Waals surface area contributed by atoms with E-state index in [9.17, 15) is 9.59 Å². The number of esters is 2. The van der Waals surface area contributed by atoms with E-state index >= 15 is 0 Å². The largest absolute Gasteiger partial charge is 0.436 e. The monoisotopic (exact) mass is 332 g/mol. The van der Waals surface area contributed by atoms with Crippen molar-refractivity contribution in [3.05, 3.63) is 0 Å². The zero-order valence-corrected chi connectivity index (χ0v) is 15.7. The molecule has 0 spiro atoms. The lowest BCUT2D eigenvalue weighted by Gasteiger charge is -2.25. The number of carbonyl (C=O) groups is 2. The lowest BCUT2D eigenvalue weighted by Crippen LogP contribution is -2.32. The molecule has 0 saturated heterocycles. The van der Waals surface area contributed by atoms with Crippen LogP contribution in [0.3, 0.4) is 0 Å². The highest BCUT2D eigenvalue weighted by Crippen LogP contribution is 2.23. The molecule has 0 saturated carbocycles. The molecule has 0 aromatic carbocycles. The van der Waals surface area contributed by atoms with Crippen molar-refractivity contribution in [3.8, 4) is 0 Å². The minimum Gasteiger partial charge on any atom is -0.436 e. The zero-order chi connectivity index (χ0) is 18.3. The Labute approximate surface area is 139 Å². The molecule has 0 aliphatic heterocycles. The van der Waals surface area contributed by atoms with Crippen molar-refractivity contribution in [1.29, 1.82) is 0 Å². The van der Waals surface area contributed by atoms with E-state index in [0.717, 1.165) is 0 Å². The topological polar surface area (TPSA) is 71.1 Å². The van der Waals surface area contributed by atoms with Gasteiger partial charge in [-0.25, -0.2) is 0 Å². The molecule has 0 N–H and O–H groups in total. The molecule has 0 aromatic heterocycles. The van der Waals surface area contributed by atoms with Gasteiger partial charge in [-0.1, -0.05) is 13.8 Å². The minimum absolute atomic E-state index is 0.137. The maximum atomic E-state index is 11.9. The molecular formula is C17H32O6. The lowest BCUT2D eigenvalue weighted by atomic mass is 9.91. The highest BCUT2D eigenvalue weighted by Gasteiger charge is 2.30. The fourth-order valence-electron chi connectivity index (χ4n) is 1.21. The van der Waals surface area contributed by atoms with Crippen LogP contribution in [0.5, 0.6) is 0 Å². The van der Waals surface area contributed by atoms with Crippen LogP contribution in [0.15, 0.2) is 0 Å². The van der Waals surface area contributed by atoms with Crippen LogP contribution in [-0.4, -0.2) is 31.3 Å². The van der Waals surface area contributed by atoms with E-state index in [1.165, 1.54) is 0 Å². The Hall–Kier alpha value is -1.14. The van der Waals surface area contributed by atoms with Crippen LogP contribution >= 0.6 is 0 Å². The summed E-state index contributed by atoms with van der Waals surface area (Å²) >= 11 is 0. The predicted molar refractivity (Wildman–Crippen MR) is 86.3 cm³/mol. The average molecular weight is 332 g/mol. The Balaban J connectivity index is 4.11. The van der Waals surface area contributed by atoms with Crippen molar-refractivity contribution in [2.75, 3.05) is 6.79 Å². The molecule has 2 atom stereocenters. The van der Waals surface area contributed by atoms with E-state index in [2.05, 4.69) is 0 Å². The van der Waals surface area contributed by atoms with Gasteiger partial charge in [-0.2, -0.15) is 0 Å². The maximum Gasteiger partial charge on any atom is 0.313 e. The highest BCUT2D eigenvalue weighted by molar-refractivity contribution is 5.76. The first-order chi connectivity index (χ1) is 10.5. The molecule has 23 heavy (non-hydrogen) atoms. The molecule has 0 rings (SSSR count).